The topological polar surface area (TPSA) is 77.3 Å². The van der Waals surface area contributed by atoms with Gasteiger partial charge in [-0.05, 0) is 38.0 Å². The number of aryl methyl sites for hydroxylation is 2. The van der Waals surface area contributed by atoms with Gasteiger partial charge in [-0.2, -0.15) is 13.2 Å². The predicted octanol–water partition coefficient (Wildman–Crippen LogP) is 2.71. The van der Waals surface area contributed by atoms with Crippen molar-refractivity contribution < 1.29 is 27.1 Å². The molecule has 0 atom stereocenters. The van der Waals surface area contributed by atoms with Crippen molar-refractivity contribution in [2.24, 2.45) is 0 Å². The van der Waals surface area contributed by atoms with Crippen molar-refractivity contribution in [3.63, 3.8) is 0 Å². The first-order chi connectivity index (χ1) is 10.6. The molecule has 1 aromatic heterocycles. The normalized spacial score (nSPS) is 11.7. The molecular formula is C14H13F3N2O4. The van der Waals surface area contributed by atoms with Crippen LogP contribution in [0.25, 0.3) is 11.0 Å². The van der Waals surface area contributed by atoms with E-state index in [1.165, 1.54) is 19.1 Å². The standard InChI is InChI=1S/C14H13F3N2O4/c1-4-23-13(20)11-12(14(15,16)17)19(22)10-6-8(3)7(2)5-9(10)18(11)21/h5-6H,4H2,1-3H3. The number of carbonyl (C=O) groups excluding carboxylic acids is 1. The van der Waals surface area contributed by atoms with Crippen molar-refractivity contribution in [3.05, 3.63) is 44.8 Å². The average Bonchev–Trinajstić information content (AvgIpc) is 2.43. The number of esters is 1. The van der Waals surface area contributed by atoms with Gasteiger partial charge in [0.15, 0.2) is 0 Å². The molecule has 6 nitrogen and oxygen atoms in total. The summed E-state index contributed by atoms with van der Waals surface area (Å²) in [6.07, 6.45) is -5.19. The second kappa shape index (κ2) is 5.56. The maximum atomic E-state index is 13.2. The van der Waals surface area contributed by atoms with E-state index < -0.39 is 33.8 Å². The largest absolute Gasteiger partial charge is 0.805 e. The second-order valence-electron chi connectivity index (χ2n) is 4.93. The smallest absolute Gasteiger partial charge is 0.438 e. The monoisotopic (exact) mass is 330 g/mol. The zero-order chi connectivity index (χ0) is 17.5. The van der Waals surface area contributed by atoms with E-state index in [1.54, 1.807) is 13.8 Å². The average molecular weight is 330 g/mol. The highest BCUT2D eigenvalue weighted by molar-refractivity contribution is 5.89. The summed E-state index contributed by atoms with van der Waals surface area (Å²) >= 11 is 0. The lowest BCUT2D eigenvalue weighted by Crippen LogP contribution is -2.35. The highest BCUT2D eigenvalue weighted by Crippen LogP contribution is 2.33. The van der Waals surface area contributed by atoms with Crippen LogP contribution in [-0.2, 0) is 10.9 Å². The SMILES string of the molecule is CCOC(=O)c1c(C(F)(F)F)n([O-])c2cc(C)c(C)cc2[n+]1=O. The summed E-state index contributed by atoms with van der Waals surface area (Å²) < 4.78 is 43.5. The minimum absolute atomic E-state index is 0.197. The molecule has 23 heavy (non-hydrogen) atoms. The molecule has 0 radical (unpaired) electrons. The summed E-state index contributed by atoms with van der Waals surface area (Å²) in [5.41, 5.74) is -2.93. The Bertz CT molecular complexity index is 856. The number of halogens is 3. The summed E-state index contributed by atoms with van der Waals surface area (Å²) in [5, 5.41) is 12.2. The molecule has 0 aliphatic carbocycles. The van der Waals surface area contributed by atoms with E-state index in [-0.39, 0.29) is 16.6 Å². The Morgan fingerprint density at radius 2 is 1.87 bits per heavy atom. The number of hydrogen-bond acceptors (Lipinski definition) is 4. The zero-order valence-electron chi connectivity index (χ0n) is 12.5. The molecule has 124 valence electrons. The van der Waals surface area contributed by atoms with Gasteiger partial charge in [0, 0.05) is 11.0 Å². The molecule has 0 aliphatic heterocycles. The van der Waals surface area contributed by atoms with E-state index in [1.807, 2.05) is 0 Å². The van der Waals surface area contributed by atoms with Crippen LogP contribution >= 0.6 is 0 Å². The molecule has 1 heterocycles. The molecule has 0 unspecified atom stereocenters. The summed E-state index contributed by atoms with van der Waals surface area (Å²) in [6, 6.07) is 2.44. The van der Waals surface area contributed by atoms with Crippen LogP contribution in [0.3, 0.4) is 0 Å². The molecule has 0 saturated carbocycles. The first-order valence-electron chi connectivity index (χ1n) is 6.64. The van der Waals surface area contributed by atoms with Gasteiger partial charge < -0.3 is 14.7 Å². The van der Waals surface area contributed by atoms with Crippen LogP contribution in [-0.4, -0.2) is 17.3 Å². The number of rotatable bonds is 2. The number of benzene rings is 1. The molecule has 0 aliphatic rings. The van der Waals surface area contributed by atoms with Crippen molar-refractivity contribution in [1.29, 1.82) is 0 Å². The molecule has 0 bridgehead atoms. The van der Waals surface area contributed by atoms with E-state index >= 15 is 0 Å². The Balaban J connectivity index is 3.03. The molecule has 0 spiro atoms. The highest BCUT2D eigenvalue weighted by Gasteiger charge is 2.45. The van der Waals surface area contributed by atoms with Gasteiger partial charge in [0.05, 0.1) is 11.0 Å². The number of alkyl halides is 3. The molecule has 2 rings (SSSR count). The first-order valence-corrected chi connectivity index (χ1v) is 6.64. The van der Waals surface area contributed by atoms with Gasteiger partial charge in [0.1, 0.15) is 5.52 Å². The van der Waals surface area contributed by atoms with Gasteiger partial charge in [0.2, 0.25) is 5.69 Å². The van der Waals surface area contributed by atoms with Crippen molar-refractivity contribution in [2.45, 2.75) is 26.9 Å². The van der Waals surface area contributed by atoms with Crippen LogP contribution < -0.4 is 4.43 Å². The number of nitrogens with zero attached hydrogens (tertiary/aromatic N) is 2. The summed E-state index contributed by atoms with van der Waals surface area (Å²) in [5.74, 6) is -1.50. The van der Waals surface area contributed by atoms with Crippen LogP contribution in [0.15, 0.2) is 12.1 Å². The number of carbonyl (C=O) groups is 1. The van der Waals surface area contributed by atoms with E-state index in [2.05, 4.69) is 4.74 Å². The van der Waals surface area contributed by atoms with Gasteiger partial charge in [-0.15, -0.1) is 0 Å². The Morgan fingerprint density at radius 1 is 1.30 bits per heavy atom. The fourth-order valence-corrected chi connectivity index (χ4v) is 2.17. The van der Waals surface area contributed by atoms with Crippen molar-refractivity contribution >= 4 is 17.0 Å². The van der Waals surface area contributed by atoms with Gasteiger partial charge in [-0.3, -0.25) is 0 Å². The lowest BCUT2D eigenvalue weighted by molar-refractivity contribution is -0.471. The number of aromatic nitrogens is 2. The molecule has 1 aromatic carbocycles. The number of fused-ring (bicyclic) bond motifs is 1. The fourth-order valence-electron chi connectivity index (χ4n) is 2.17. The summed E-state index contributed by atoms with van der Waals surface area (Å²) in [6.45, 7) is 4.36. The van der Waals surface area contributed by atoms with Crippen molar-refractivity contribution in [1.82, 2.24) is 4.73 Å². The highest BCUT2D eigenvalue weighted by atomic mass is 19.4. The lowest BCUT2D eigenvalue weighted by atomic mass is 10.1. The third-order valence-electron chi connectivity index (χ3n) is 3.40. The third-order valence-corrected chi connectivity index (χ3v) is 3.40. The summed E-state index contributed by atoms with van der Waals surface area (Å²) in [4.78, 5) is 24.1. The van der Waals surface area contributed by atoms with Gasteiger partial charge in [-0.25, -0.2) is 4.79 Å². The van der Waals surface area contributed by atoms with Gasteiger partial charge in [0.25, 0.3) is 5.52 Å². The quantitative estimate of drug-likeness (QED) is 0.626. The van der Waals surface area contributed by atoms with Crippen molar-refractivity contribution in [3.8, 4) is 0 Å². The fraction of sp³-hybridized carbons (Fsp3) is 0.357. The predicted molar refractivity (Wildman–Crippen MR) is 74.5 cm³/mol. The first kappa shape index (κ1) is 16.8. The van der Waals surface area contributed by atoms with Crippen LogP contribution in [0, 0.1) is 24.0 Å². The molecule has 0 fully saturated rings. The Labute approximate surface area is 128 Å². The minimum Gasteiger partial charge on any atom is -0.805 e. The zero-order valence-corrected chi connectivity index (χ0v) is 12.5. The second-order valence-corrected chi connectivity index (χ2v) is 4.93. The Morgan fingerprint density at radius 3 is 2.39 bits per heavy atom. The lowest BCUT2D eigenvalue weighted by Gasteiger charge is -2.20. The molecule has 2 aromatic rings. The number of hydrogen-bond donors (Lipinski definition) is 0. The molecule has 9 heteroatoms. The van der Waals surface area contributed by atoms with Crippen LogP contribution in [0.4, 0.5) is 13.2 Å². The Kier molecular flexibility index (Phi) is 4.06. The van der Waals surface area contributed by atoms with Gasteiger partial charge in [-0.1, -0.05) is 0 Å². The molecular weight excluding hydrogens is 317 g/mol. The van der Waals surface area contributed by atoms with Crippen LogP contribution in [0.5, 0.6) is 0 Å². The van der Waals surface area contributed by atoms with Crippen LogP contribution in [0.1, 0.15) is 34.2 Å². The van der Waals surface area contributed by atoms with E-state index in [0.717, 1.165) is 0 Å². The van der Waals surface area contributed by atoms with Crippen LogP contribution in [0.2, 0.25) is 0 Å². The number of ether oxygens (including phenoxy) is 1. The Hall–Kier alpha value is -2.58. The molecule has 0 N–H and O–H groups in total. The molecule has 0 saturated heterocycles. The maximum Gasteiger partial charge on any atom is 0.438 e. The third kappa shape index (κ3) is 2.73. The summed E-state index contributed by atoms with van der Waals surface area (Å²) in [7, 11) is 0. The maximum absolute atomic E-state index is 13.2. The van der Waals surface area contributed by atoms with Gasteiger partial charge >= 0.3 is 17.8 Å². The van der Waals surface area contributed by atoms with E-state index in [4.69, 9.17) is 0 Å². The molecule has 0 amide bonds. The van der Waals surface area contributed by atoms with Crippen molar-refractivity contribution in [2.75, 3.05) is 6.61 Å². The minimum atomic E-state index is -5.19. The van der Waals surface area contributed by atoms with E-state index in [0.29, 0.717) is 11.1 Å². The van der Waals surface area contributed by atoms with E-state index in [9.17, 15) is 28.1 Å².